The van der Waals surface area contributed by atoms with Crippen molar-refractivity contribution in [3.8, 4) is 0 Å². The summed E-state index contributed by atoms with van der Waals surface area (Å²) in [6, 6.07) is 0. The van der Waals surface area contributed by atoms with E-state index < -0.39 is 19.5 Å². The molecule has 1 heterocycles. The van der Waals surface area contributed by atoms with Crippen LogP contribution in [0.1, 0.15) is 68.7 Å². The standard InChI is InChI=1S/C23H44O5Si/c1-13-16(15-25-20(24)21(3,4)5)18(28-29(11,12)22(6,7)8)19-17(14-2)26-23(9,10)27-19/h14,16-19H,2,13,15H2,1,3-12H3/t16-,17+,18-,19-/m0/s1. The SMILES string of the molecule is C=C[C@H]1OC(C)(C)O[C@@H]1[C@@H](O[Si](C)(C)C(C)(C)C)[C@@H](CC)COC(=O)C(C)(C)C. The lowest BCUT2D eigenvalue weighted by molar-refractivity contribution is -0.164. The molecule has 0 amide bonds. The van der Waals surface area contributed by atoms with Crippen LogP contribution in [0.3, 0.4) is 0 Å². The van der Waals surface area contributed by atoms with Gasteiger partial charge in [0, 0.05) is 5.92 Å². The molecule has 0 aromatic heterocycles. The van der Waals surface area contributed by atoms with Crippen LogP contribution in [0.4, 0.5) is 0 Å². The van der Waals surface area contributed by atoms with E-state index in [1.807, 2.05) is 34.6 Å². The molecular weight excluding hydrogens is 384 g/mol. The molecule has 29 heavy (non-hydrogen) atoms. The first-order chi connectivity index (χ1) is 12.9. The van der Waals surface area contributed by atoms with Crippen molar-refractivity contribution in [2.45, 2.75) is 111 Å². The van der Waals surface area contributed by atoms with Crippen LogP contribution >= 0.6 is 0 Å². The predicted molar refractivity (Wildman–Crippen MR) is 120 cm³/mol. The van der Waals surface area contributed by atoms with E-state index in [0.29, 0.717) is 6.61 Å². The molecule has 0 bridgehead atoms. The smallest absolute Gasteiger partial charge is 0.311 e. The molecule has 1 saturated heterocycles. The van der Waals surface area contributed by atoms with E-state index in [9.17, 15) is 4.79 Å². The average Bonchev–Trinajstić information content (AvgIpc) is 2.86. The summed E-state index contributed by atoms with van der Waals surface area (Å²) in [7, 11) is -2.11. The number of hydrogen-bond acceptors (Lipinski definition) is 5. The number of hydrogen-bond donors (Lipinski definition) is 0. The Bertz CT molecular complexity index is 571. The second kappa shape index (κ2) is 9.21. The zero-order valence-corrected chi connectivity index (χ0v) is 21.5. The Balaban J connectivity index is 3.20. The van der Waals surface area contributed by atoms with Gasteiger partial charge in [0.05, 0.1) is 18.1 Å². The Labute approximate surface area is 179 Å². The summed E-state index contributed by atoms with van der Waals surface area (Å²) in [6.45, 7) is 26.9. The third-order valence-corrected chi connectivity index (χ3v) is 10.5. The van der Waals surface area contributed by atoms with Crippen molar-refractivity contribution < 1.29 is 23.4 Å². The van der Waals surface area contributed by atoms with Gasteiger partial charge in [0.2, 0.25) is 0 Å². The van der Waals surface area contributed by atoms with E-state index in [2.05, 4.69) is 47.4 Å². The van der Waals surface area contributed by atoms with Crippen LogP contribution in [-0.2, 0) is 23.4 Å². The third-order valence-electron chi connectivity index (χ3n) is 5.99. The monoisotopic (exact) mass is 428 g/mol. The number of ether oxygens (including phenoxy) is 3. The molecule has 0 N–H and O–H groups in total. The molecule has 1 aliphatic rings. The van der Waals surface area contributed by atoms with Gasteiger partial charge in [-0.1, -0.05) is 33.8 Å². The van der Waals surface area contributed by atoms with Gasteiger partial charge >= 0.3 is 5.97 Å². The quantitative estimate of drug-likeness (QED) is 0.282. The number of carbonyl (C=O) groups is 1. The third kappa shape index (κ3) is 6.91. The lowest BCUT2D eigenvalue weighted by atomic mass is 9.92. The average molecular weight is 429 g/mol. The van der Waals surface area contributed by atoms with Crippen molar-refractivity contribution in [3.05, 3.63) is 12.7 Å². The lowest BCUT2D eigenvalue weighted by Crippen LogP contribution is -2.52. The van der Waals surface area contributed by atoms with E-state index >= 15 is 0 Å². The minimum Gasteiger partial charge on any atom is -0.465 e. The highest BCUT2D eigenvalue weighted by Crippen LogP contribution is 2.42. The fourth-order valence-corrected chi connectivity index (χ4v) is 4.41. The molecule has 0 saturated carbocycles. The second-order valence-electron chi connectivity index (χ2n) is 11.2. The topological polar surface area (TPSA) is 54.0 Å². The Morgan fingerprint density at radius 3 is 2.14 bits per heavy atom. The highest BCUT2D eigenvalue weighted by molar-refractivity contribution is 6.74. The summed E-state index contributed by atoms with van der Waals surface area (Å²) < 4.78 is 24.9. The number of esters is 1. The van der Waals surface area contributed by atoms with Gasteiger partial charge in [0.25, 0.3) is 0 Å². The van der Waals surface area contributed by atoms with Crippen molar-refractivity contribution in [1.29, 1.82) is 0 Å². The molecule has 1 aliphatic heterocycles. The summed E-state index contributed by atoms with van der Waals surface area (Å²) >= 11 is 0. The molecule has 6 heteroatoms. The lowest BCUT2D eigenvalue weighted by Gasteiger charge is -2.43. The maximum atomic E-state index is 12.4. The highest BCUT2D eigenvalue weighted by Gasteiger charge is 2.50. The molecule has 0 aromatic rings. The van der Waals surface area contributed by atoms with Gasteiger partial charge in [-0.2, -0.15) is 0 Å². The molecular formula is C23H44O5Si. The van der Waals surface area contributed by atoms with Gasteiger partial charge in [-0.25, -0.2) is 0 Å². The van der Waals surface area contributed by atoms with Crippen LogP contribution in [0.5, 0.6) is 0 Å². The molecule has 170 valence electrons. The van der Waals surface area contributed by atoms with Crippen LogP contribution in [-0.4, -0.2) is 45.0 Å². The molecule has 1 fully saturated rings. The summed E-state index contributed by atoms with van der Waals surface area (Å²) in [6.07, 6.45) is 1.77. The summed E-state index contributed by atoms with van der Waals surface area (Å²) in [5.74, 6) is -0.912. The van der Waals surface area contributed by atoms with Gasteiger partial charge in [-0.3, -0.25) is 4.79 Å². The van der Waals surface area contributed by atoms with E-state index in [4.69, 9.17) is 18.6 Å². The summed E-state index contributed by atoms with van der Waals surface area (Å²) in [4.78, 5) is 12.4. The predicted octanol–water partition coefficient (Wildman–Crippen LogP) is 5.70. The Hall–Kier alpha value is -0.693. The van der Waals surface area contributed by atoms with Crippen LogP contribution in [0.2, 0.25) is 18.1 Å². The highest BCUT2D eigenvalue weighted by atomic mass is 28.4. The van der Waals surface area contributed by atoms with E-state index in [1.165, 1.54) is 0 Å². The maximum Gasteiger partial charge on any atom is 0.311 e. The molecule has 0 unspecified atom stereocenters. The fraction of sp³-hybridized carbons (Fsp3) is 0.870. The second-order valence-corrected chi connectivity index (χ2v) is 15.9. The van der Waals surface area contributed by atoms with E-state index in [1.54, 1.807) is 6.08 Å². The molecule has 5 nitrogen and oxygen atoms in total. The first-order valence-electron chi connectivity index (χ1n) is 10.8. The largest absolute Gasteiger partial charge is 0.465 e. The van der Waals surface area contributed by atoms with Crippen LogP contribution < -0.4 is 0 Å². The molecule has 1 rings (SSSR count). The van der Waals surface area contributed by atoms with Gasteiger partial charge in [-0.05, 0) is 59.2 Å². The number of carbonyl (C=O) groups excluding carboxylic acids is 1. The molecule has 0 radical (unpaired) electrons. The van der Waals surface area contributed by atoms with Crippen LogP contribution in [0.25, 0.3) is 0 Å². The zero-order chi connectivity index (χ0) is 22.8. The Morgan fingerprint density at radius 2 is 1.72 bits per heavy atom. The molecule has 4 atom stereocenters. The van der Waals surface area contributed by atoms with E-state index in [-0.39, 0.29) is 35.2 Å². The van der Waals surface area contributed by atoms with Gasteiger partial charge in [-0.15, -0.1) is 6.58 Å². The Morgan fingerprint density at radius 1 is 1.17 bits per heavy atom. The van der Waals surface area contributed by atoms with E-state index in [0.717, 1.165) is 6.42 Å². The van der Waals surface area contributed by atoms with Gasteiger partial charge in [0.15, 0.2) is 14.1 Å². The minimum atomic E-state index is -2.11. The first kappa shape index (κ1) is 26.3. The fourth-order valence-electron chi connectivity index (χ4n) is 3.05. The van der Waals surface area contributed by atoms with Gasteiger partial charge < -0.3 is 18.6 Å². The molecule has 0 spiro atoms. The summed E-state index contributed by atoms with van der Waals surface area (Å²) in [5, 5.41) is 0.0459. The van der Waals surface area contributed by atoms with Crippen molar-refractivity contribution >= 4 is 14.3 Å². The maximum absolute atomic E-state index is 12.4. The first-order valence-corrected chi connectivity index (χ1v) is 13.7. The van der Waals surface area contributed by atoms with Crippen molar-refractivity contribution in [1.82, 2.24) is 0 Å². The van der Waals surface area contributed by atoms with Gasteiger partial charge in [0.1, 0.15) is 12.2 Å². The molecule has 0 aromatic carbocycles. The normalized spacial score (nSPS) is 24.8. The minimum absolute atomic E-state index is 0.000347. The number of rotatable bonds is 8. The van der Waals surface area contributed by atoms with Crippen LogP contribution in [0.15, 0.2) is 12.7 Å². The zero-order valence-electron chi connectivity index (χ0n) is 20.5. The van der Waals surface area contributed by atoms with Crippen LogP contribution in [0, 0.1) is 11.3 Å². The summed E-state index contributed by atoms with van der Waals surface area (Å²) in [5.41, 5.74) is -0.535. The van der Waals surface area contributed by atoms with Crippen molar-refractivity contribution in [3.63, 3.8) is 0 Å². The van der Waals surface area contributed by atoms with Crippen molar-refractivity contribution in [2.75, 3.05) is 6.61 Å². The Kier molecular flexibility index (Phi) is 8.36. The molecule has 0 aliphatic carbocycles. The van der Waals surface area contributed by atoms with Crippen molar-refractivity contribution in [2.24, 2.45) is 11.3 Å².